The quantitative estimate of drug-likeness (QED) is 0.882. The van der Waals surface area contributed by atoms with Crippen LogP contribution in [0.4, 0.5) is 0 Å². The van der Waals surface area contributed by atoms with E-state index in [2.05, 4.69) is 15.3 Å². The zero-order valence-corrected chi connectivity index (χ0v) is 11.9. The third-order valence-electron chi connectivity index (χ3n) is 3.33. The third kappa shape index (κ3) is 2.61. The number of para-hydroxylation sites is 2. The normalized spacial score (nSPS) is 20.1. The molecule has 0 saturated carbocycles. The van der Waals surface area contributed by atoms with Gasteiger partial charge in [-0.3, -0.25) is 0 Å². The first-order valence-corrected chi connectivity index (χ1v) is 7.62. The van der Waals surface area contributed by atoms with Gasteiger partial charge in [0.15, 0.2) is 0 Å². The first kappa shape index (κ1) is 14.3. The molecule has 1 aromatic heterocycles. The van der Waals surface area contributed by atoms with Gasteiger partial charge in [0.05, 0.1) is 16.3 Å². The lowest BCUT2D eigenvalue weighted by Crippen LogP contribution is -2.39. The Hall–Kier alpha value is -1.11. The Morgan fingerprint density at radius 2 is 2.05 bits per heavy atom. The van der Waals surface area contributed by atoms with Crippen molar-refractivity contribution in [1.29, 1.82) is 0 Å². The van der Waals surface area contributed by atoms with Crippen molar-refractivity contribution in [2.75, 3.05) is 13.1 Å². The molecule has 5 nitrogen and oxygen atoms in total. The van der Waals surface area contributed by atoms with E-state index in [-0.39, 0.29) is 22.8 Å². The Morgan fingerprint density at radius 1 is 1.26 bits per heavy atom. The van der Waals surface area contributed by atoms with E-state index >= 15 is 0 Å². The Bertz CT molecular complexity index is 629. The van der Waals surface area contributed by atoms with Gasteiger partial charge in [0.2, 0.25) is 15.0 Å². The fraction of sp³-hybridized carbons (Fsp3) is 0.417. The van der Waals surface area contributed by atoms with Crippen LogP contribution in [-0.2, 0) is 9.84 Å². The largest absolute Gasteiger partial charge is 0.329 e. The molecule has 7 heteroatoms. The highest BCUT2D eigenvalue weighted by atomic mass is 35.5. The number of H-pyrrole nitrogens is 1. The SMILES string of the molecule is Cl.O=S(=O)(c1nc2ccccc2[nH]1)C1CCCNC1. The maximum atomic E-state index is 12.4. The van der Waals surface area contributed by atoms with Crippen LogP contribution in [0.1, 0.15) is 12.8 Å². The van der Waals surface area contributed by atoms with E-state index in [1.54, 1.807) is 0 Å². The van der Waals surface area contributed by atoms with Crippen molar-refractivity contribution >= 4 is 33.3 Å². The number of hydrogen-bond acceptors (Lipinski definition) is 4. The van der Waals surface area contributed by atoms with Gasteiger partial charge in [-0.2, -0.15) is 0 Å². The average molecular weight is 302 g/mol. The molecule has 1 aliphatic rings. The molecule has 0 radical (unpaired) electrons. The van der Waals surface area contributed by atoms with Crippen LogP contribution < -0.4 is 5.32 Å². The molecule has 1 aromatic carbocycles. The van der Waals surface area contributed by atoms with E-state index in [0.717, 1.165) is 18.5 Å². The van der Waals surface area contributed by atoms with Crippen LogP contribution in [0.15, 0.2) is 29.4 Å². The molecule has 0 aliphatic carbocycles. The summed E-state index contributed by atoms with van der Waals surface area (Å²) in [5.41, 5.74) is 1.46. The fourth-order valence-electron chi connectivity index (χ4n) is 2.31. The summed E-state index contributed by atoms with van der Waals surface area (Å²) in [4.78, 5) is 7.09. The van der Waals surface area contributed by atoms with Crippen molar-refractivity contribution in [2.24, 2.45) is 0 Å². The summed E-state index contributed by atoms with van der Waals surface area (Å²) >= 11 is 0. The second-order valence-electron chi connectivity index (χ2n) is 4.57. The molecular formula is C12H16ClN3O2S. The standard InChI is InChI=1S/C12H15N3O2S.ClH/c16-18(17,9-4-3-7-13-8-9)12-14-10-5-1-2-6-11(10)15-12;/h1-2,5-6,9,13H,3-4,7-8H2,(H,14,15);1H. The van der Waals surface area contributed by atoms with E-state index in [0.29, 0.717) is 18.5 Å². The lowest BCUT2D eigenvalue weighted by molar-refractivity contribution is 0.494. The Balaban J connectivity index is 0.00000133. The highest BCUT2D eigenvalue weighted by molar-refractivity contribution is 7.91. The molecule has 3 rings (SSSR count). The number of nitrogens with one attached hydrogen (secondary N) is 2. The minimum absolute atomic E-state index is 0. The molecule has 1 atom stereocenters. The van der Waals surface area contributed by atoms with Crippen LogP contribution in [0.3, 0.4) is 0 Å². The Kier molecular flexibility index (Phi) is 4.13. The van der Waals surface area contributed by atoms with Gasteiger partial charge in [-0.15, -0.1) is 12.4 Å². The number of piperidine rings is 1. The molecular weight excluding hydrogens is 286 g/mol. The number of imidazole rings is 1. The average Bonchev–Trinajstić information content (AvgIpc) is 2.84. The molecule has 2 heterocycles. The van der Waals surface area contributed by atoms with Gasteiger partial charge in [-0.25, -0.2) is 13.4 Å². The number of hydrogen-bond donors (Lipinski definition) is 2. The lowest BCUT2D eigenvalue weighted by atomic mass is 10.2. The molecule has 1 saturated heterocycles. The van der Waals surface area contributed by atoms with E-state index in [1.807, 2.05) is 24.3 Å². The van der Waals surface area contributed by atoms with Crippen LogP contribution in [0.2, 0.25) is 0 Å². The molecule has 2 aromatic rings. The minimum Gasteiger partial charge on any atom is -0.329 e. The molecule has 0 spiro atoms. The van der Waals surface area contributed by atoms with E-state index < -0.39 is 9.84 Å². The Labute approximate surface area is 118 Å². The topological polar surface area (TPSA) is 74.8 Å². The fourth-order valence-corrected chi connectivity index (χ4v) is 3.91. The third-order valence-corrected chi connectivity index (χ3v) is 5.34. The molecule has 1 unspecified atom stereocenters. The number of benzene rings is 1. The zero-order valence-electron chi connectivity index (χ0n) is 10.3. The van der Waals surface area contributed by atoms with Crippen molar-refractivity contribution < 1.29 is 8.42 Å². The zero-order chi connectivity index (χ0) is 12.6. The van der Waals surface area contributed by atoms with Gasteiger partial charge in [-0.1, -0.05) is 12.1 Å². The molecule has 1 fully saturated rings. The molecule has 104 valence electrons. The van der Waals surface area contributed by atoms with E-state index in [4.69, 9.17) is 0 Å². The number of aromatic amines is 1. The van der Waals surface area contributed by atoms with Crippen molar-refractivity contribution in [3.8, 4) is 0 Å². The van der Waals surface area contributed by atoms with Crippen LogP contribution in [-0.4, -0.2) is 36.7 Å². The van der Waals surface area contributed by atoms with Gasteiger partial charge in [0.1, 0.15) is 0 Å². The molecule has 2 N–H and O–H groups in total. The number of fused-ring (bicyclic) bond motifs is 1. The number of nitrogens with zero attached hydrogens (tertiary/aromatic N) is 1. The van der Waals surface area contributed by atoms with E-state index in [1.165, 1.54) is 0 Å². The molecule has 0 bridgehead atoms. The van der Waals surface area contributed by atoms with Gasteiger partial charge in [0, 0.05) is 6.54 Å². The summed E-state index contributed by atoms with van der Waals surface area (Å²) in [6, 6.07) is 7.35. The van der Waals surface area contributed by atoms with Crippen LogP contribution in [0.5, 0.6) is 0 Å². The van der Waals surface area contributed by atoms with Crippen molar-refractivity contribution in [3.05, 3.63) is 24.3 Å². The van der Waals surface area contributed by atoms with Crippen LogP contribution in [0, 0.1) is 0 Å². The lowest BCUT2D eigenvalue weighted by Gasteiger charge is -2.21. The summed E-state index contributed by atoms with van der Waals surface area (Å²) in [6.45, 7) is 1.41. The summed E-state index contributed by atoms with van der Waals surface area (Å²) < 4.78 is 24.8. The van der Waals surface area contributed by atoms with Crippen molar-refractivity contribution in [3.63, 3.8) is 0 Å². The second kappa shape index (κ2) is 5.48. The van der Waals surface area contributed by atoms with Crippen molar-refractivity contribution in [1.82, 2.24) is 15.3 Å². The Morgan fingerprint density at radius 3 is 2.74 bits per heavy atom. The number of halogens is 1. The minimum atomic E-state index is -3.35. The predicted octanol–water partition coefficient (Wildman–Crippen LogP) is 1.51. The van der Waals surface area contributed by atoms with Crippen molar-refractivity contribution in [2.45, 2.75) is 23.2 Å². The van der Waals surface area contributed by atoms with Gasteiger partial charge in [-0.05, 0) is 31.5 Å². The molecule has 1 aliphatic heterocycles. The first-order chi connectivity index (χ1) is 8.68. The van der Waals surface area contributed by atoms with Gasteiger partial charge >= 0.3 is 0 Å². The van der Waals surface area contributed by atoms with Crippen LogP contribution >= 0.6 is 12.4 Å². The maximum Gasteiger partial charge on any atom is 0.226 e. The number of rotatable bonds is 2. The molecule has 19 heavy (non-hydrogen) atoms. The van der Waals surface area contributed by atoms with E-state index in [9.17, 15) is 8.42 Å². The highest BCUT2D eigenvalue weighted by Gasteiger charge is 2.31. The van der Waals surface area contributed by atoms with Gasteiger partial charge in [0.25, 0.3) is 0 Å². The summed E-state index contributed by atoms with van der Waals surface area (Å²) in [6.07, 6.45) is 1.59. The maximum absolute atomic E-state index is 12.4. The summed E-state index contributed by atoms with van der Waals surface area (Å²) in [5, 5.41) is 2.85. The predicted molar refractivity (Wildman–Crippen MR) is 76.4 cm³/mol. The number of aromatic nitrogens is 2. The second-order valence-corrected chi connectivity index (χ2v) is 6.72. The van der Waals surface area contributed by atoms with Gasteiger partial charge < -0.3 is 10.3 Å². The summed E-state index contributed by atoms with van der Waals surface area (Å²) in [5.74, 6) is 0. The van der Waals surface area contributed by atoms with Crippen LogP contribution in [0.25, 0.3) is 11.0 Å². The number of sulfone groups is 1. The smallest absolute Gasteiger partial charge is 0.226 e. The highest BCUT2D eigenvalue weighted by Crippen LogP contribution is 2.21. The molecule has 0 amide bonds. The first-order valence-electron chi connectivity index (χ1n) is 6.07. The summed E-state index contributed by atoms with van der Waals surface area (Å²) in [7, 11) is -3.35. The monoisotopic (exact) mass is 301 g/mol.